The van der Waals surface area contributed by atoms with Gasteiger partial charge in [-0.2, -0.15) is 4.98 Å². The molecule has 4 heteroatoms. The number of hydrogen-bond acceptors (Lipinski definition) is 4. The van der Waals surface area contributed by atoms with Gasteiger partial charge in [-0.25, -0.2) is 4.98 Å². The molecule has 1 aromatic rings. The molecule has 0 aromatic carbocycles. The van der Waals surface area contributed by atoms with Crippen LogP contribution in [0.2, 0.25) is 0 Å². The molecule has 1 saturated carbocycles. The van der Waals surface area contributed by atoms with Crippen molar-refractivity contribution in [2.45, 2.75) is 51.9 Å². The van der Waals surface area contributed by atoms with Crippen LogP contribution in [0, 0.1) is 0 Å². The van der Waals surface area contributed by atoms with Gasteiger partial charge in [0.25, 0.3) is 0 Å². The van der Waals surface area contributed by atoms with Crippen molar-refractivity contribution in [3.8, 4) is 5.88 Å². The van der Waals surface area contributed by atoms with Crippen molar-refractivity contribution in [3.63, 3.8) is 0 Å². The van der Waals surface area contributed by atoms with E-state index in [2.05, 4.69) is 29.1 Å². The first-order valence-corrected chi connectivity index (χ1v) is 7.09. The normalized spacial score (nSPS) is 14.6. The topological polar surface area (TPSA) is 47.0 Å². The zero-order chi connectivity index (χ0) is 12.8. The molecule has 0 radical (unpaired) electrons. The number of unbranched alkanes of at least 4 members (excludes halogenated alkanes) is 1. The summed E-state index contributed by atoms with van der Waals surface area (Å²) < 4.78 is 5.69. The van der Waals surface area contributed by atoms with Gasteiger partial charge in [0.15, 0.2) is 0 Å². The Morgan fingerprint density at radius 2 is 2.11 bits per heavy atom. The Kier molecular flexibility index (Phi) is 4.79. The molecular formula is C14H23N3O. The van der Waals surface area contributed by atoms with Gasteiger partial charge in [-0.3, -0.25) is 0 Å². The van der Waals surface area contributed by atoms with E-state index in [-0.39, 0.29) is 0 Å². The second-order valence-electron chi connectivity index (χ2n) is 4.85. The Morgan fingerprint density at radius 3 is 2.78 bits per heavy atom. The van der Waals surface area contributed by atoms with Crippen LogP contribution in [0.4, 0.5) is 5.82 Å². The van der Waals surface area contributed by atoms with Crippen LogP contribution in [0.1, 0.15) is 57.7 Å². The highest BCUT2D eigenvalue weighted by Gasteiger charge is 2.27. The minimum Gasteiger partial charge on any atom is -0.478 e. The summed E-state index contributed by atoms with van der Waals surface area (Å²) in [5, 5.41) is 3.32. The van der Waals surface area contributed by atoms with Gasteiger partial charge in [0, 0.05) is 18.5 Å². The highest BCUT2D eigenvalue weighted by Crippen LogP contribution is 2.39. The van der Waals surface area contributed by atoms with Crippen molar-refractivity contribution >= 4 is 5.82 Å². The second-order valence-corrected chi connectivity index (χ2v) is 4.85. The molecule has 100 valence electrons. The van der Waals surface area contributed by atoms with E-state index in [0.717, 1.165) is 49.9 Å². The summed E-state index contributed by atoms with van der Waals surface area (Å²) in [6.45, 7) is 5.99. The van der Waals surface area contributed by atoms with Gasteiger partial charge in [0.05, 0.1) is 6.61 Å². The van der Waals surface area contributed by atoms with Gasteiger partial charge >= 0.3 is 0 Å². The molecule has 0 unspecified atom stereocenters. The van der Waals surface area contributed by atoms with Crippen LogP contribution in [-0.2, 0) is 0 Å². The number of ether oxygens (including phenoxy) is 1. The molecule has 0 saturated heterocycles. The van der Waals surface area contributed by atoms with Crippen molar-refractivity contribution in [1.82, 2.24) is 9.97 Å². The average Bonchev–Trinajstić information content (AvgIpc) is 3.21. The van der Waals surface area contributed by atoms with Gasteiger partial charge in [-0.1, -0.05) is 20.3 Å². The lowest BCUT2D eigenvalue weighted by Crippen LogP contribution is -2.07. The lowest BCUT2D eigenvalue weighted by molar-refractivity contribution is 0.296. The molecule has 1 aliphatic carbocycles. The van der Waals surface area contributed by atoms with Crippen molar-refractivity contribution in [2.75, 3.05) is 18.5 Å². The molecule has 1 heterocycles. The molecule has 0 atom stereocenters. The molecular weight excluding hydrogens is 226 g/mol. The van der Waals surface area contributed by atoms with Gasteiger partial charge in [-0.15, -0.1) is 0 Å². The smallest absolute Gasteiger partial charge is 0.218 e. The zero-order valence-electron chi connectivity index (χ0n) is 11.4. The molecule has 0 amide bonds. The molecule has 0 spiro atoms. The van der Waals surface area contributed by atoms with Crippen LogP contribution in [0.3, 0.4) is 0 Å². The summed E-state index contributed by atoms with van der Waals surface area (Å²) in [6.07, 6.45) is 5.73. The lowest BCUT2D eigenvalue weighted by atomic mass is 10.3. The lowest BCUT2D eigenvalue weighted by Gasteiger charge is -2.10. The fourth-order valence-corrected chi connectivity index (χ4v) is 1.71. The maximum atomic E-state index is 5.69. The third-order valence-electron chi connectivity index (χ3n) is 2.97. The van der Waals surface area contributed by atoms with Crippen LogP contribution in [-0.4, -0.2) is 23.1 Å². The van der Waals surface area contributed by atoms with Crippen LogP contribution in [0.25, 0.3) is 0 Å². The Hall–Kier alpha value is -1.32. The fourth-order valence-electron chi connectivity index (χ4n) is 1.71. The van der Waals surface area contributed by atoms with Crippen LogP contribution in [0.15, 0.2) is 6.07 Å². The number of anilines is 1. The molecule has 1 aliphatic rings. The zero-order valence-corrected chi connectivity index (χ0v) is 11.4. The van der Waals surface area contributed by atoms with E-state index in [1.807, 2.05) is 6.07 Å². The van der Waals surface area contributed by atoms with E-state index < -0.39 is 0 Å². The Bertz CT molecular complexity index is 377. The van der Waals surface area contributed by atoms with E-state index in [1.54, 1.807) is 0 Å². The largest absolute Gasteiger partial charge is 0.478 e. The molecule has 1 N–H and O–H groups in total. The SMILES string of the molecule is CCCCOc1cc(NCCC)nc(C2CC2)n1. The van der Waals surface area contributed by atoms with E-state index in [1.165, 1.54) is 12.8 Å². The van der Waals surface area contributed by atoms with Crippen LogP contribution < -0.4 is 10.1 Å². The predicted molar refractivity (Wildman–Crippen MR) is 73.2 cm³/mol. The van der Waals surface area contributed by atoms with E-state index in [9.17, 15) is 0 Å². The first kappa shape index (κ1) is 13.1. The van der Waals surface area contributed by atoms with Gasteiger partial charge in [0.1, 0.15) is 11.6 Å². The second kappa shape index (κ2) is 6.57. The highest BCUT2D eigenvalue weighted by atomic mass is 16.5. The standard InChI is InChI=1S/C14H23N3O/c1-3-5-9-18-13-10-12(15-8-4-2)16-14(17-13)11-6-7-11/h10-11H,3-9H2,1-2H3,(H,15,16,17). The summed E-state index contributed by atoms with van der Waals surface area (Å²) in [6, 6.07) is 1.91. The molecule has 0 aliphatic heterocycles. The average molecular weight is 249 g/mol. The first-order chi connectivity index (χ1) is 8.83. The summed E-state index contributed by atoms with van der Waals surface area (Å²) in [7, 11) is 0. The van der Waals surface area contributed by atoms with Crippen molar-refractivity contribution < 1.29 is 4.74 Å². The summed E-state index contributed by atoms with van der Waals surface area (Å²) in [5.41, 5.74) is 0. The third-order valence-corrected chi connectivity index (χ3v) is 2.97. The summed E-state index contributed by atoms with van der Waals surface area (Å²) in [4.78, 5) is 9.06. The van der Waals surface area contributed by atoms with Gasteiger partial charge in [-0.05, 0) is 25.7 Å². The van der Waals surface area contributed by atoms with Crippen molar-refractivity contribution in [3.05, 3.63) is 11.9 Å². The molecule has 18 heavy (non-hydrogen) atoms. The number of nitrogens with zero attached hydrogens (tertiary/aromatic N) is 2. The van der Waals surface area contributed by atoms with E-state index in [0.29, 0.717) is 5.92 Å². The van der Waals surface area contributed by atoms with Crippen LogP contribution in [0.5, 0.6) is 5.88 Å². The van der Waals surface area contributed by atoms with Crippen molar-refractivity contribution in [1.29, 1.82) is 0 Å². The maximum Gasteiger partial charge on any atom is 0.218 e. The Labute approximate surface area is 109 Å². The van der Waals surface area contributed by atoms with E-state index in [4.69, 9.17) is 4.74 Å². The number of aromatic nitrogens is 2. The quantitative estimate of drug-likeness (QED) is 0.718. The molecule has 0 bridgehead atoms. The molecule has 1 aromatic heterocycles. The van der Waals surface area contributed by atoms with Gasteiger partial charge < -0.3 is 10.1 Å². The molecule has 1 fully saturated rings. The predicted octanol–water partition coefficient (Wildman–Crippen LogP) is 3.35. The van der Waals surface area contributed by atoms with Crippen molar-refractivity contribution in [2.24, 2.45) is 0 Å². The van der Waals surface area contributed by atoms with Crippen LogP contribution >= 0.6 is 0 Å². The number of hydrogen-bond donors (Lipinski definition) is 1. The Balaban J connectivity index is 2.03. The fraction of sp³-hybridized carbons (Fsp3) is 0.714. The third kappa shape index (κ3) is 3.86. The first-order valence-electron chi connectivity index (χ1n) is 7.09. The Morgan fingerprint density at radius 1 is 1.28 bits per heavy atom. The number of nitrogens with one attached hydrogen (secondary N) is 1. The summed E-state index contributed by atoms with van der Waals surface area (Å²) in [5.74, 6) is 3.13. The van der Waals surface area contributed by atoms with E-state index >= 15 is 0 Å². The molecule has 4 nitrogen and oxygen atoms in total. The molecule has 2 rings (SSSR count). The van der Waals surface area contributed by atoms with Gasteiger partial charge in [0.2, 0.25) is 5.88 Å². The minimum atomic E-state index is 0.557. The minimum absolute atomic E-state index is 0.557. The highest BCUT2D eigenvalue weighted by molar-refractivity contribution is 5.39. The summed E-state index contributed by atoms with van der Waals surface area (Å²) >= 11 is 0. The monoisotopic (exact) mass is 249 g/mol. The number of rotatable bonds is 8. The maximum absolute atomic E-state index is 5.69.